The quantitative estimate of drug-likeness (QED) is 0.835. The number of esters is 1. The van der Waals surface area contributed by atoms with Crippen LogP contribution in [0.3, 0.4) is 0 Å². The van der Waals surface area contributed by atoms with Gasteiger partial charge in [-0.1, -0.05) is 18.2 Å². The van der Waals surface area contributed by atoms with Crippen molar-refractivity contribution >= 4 is 17.6 Å². The Hall–Kier alpha value is -2.89. The van der Waals surface area contributed by atoms with E-state index >= 15 is 0 Å². The van der Waals surface area contributed by atoms with Crippen LogP contribution in [0, 0.1) is 0 Å². The van der Waals surface area contributed by atoms with Crippen LogP contribution in [0.25, 0.3) is 0 Å². The van der Waals surface area contributed by atoms with Crippen LogP contribution in [0.2, 0.25) is 0 Å². The minimum absolute atomic E-state index is 0.142. The van der Waals surface area contributed by atoms with Crippen molar-refractivity contribution in [1.29, 1.82) is 0 Å². The summed E-state index contributed by atoms with van der Waals surface area (Å²) in [6, 6.07) is 11.6. The Bertz CT molecular complexity index is 694. The molecule has 0 fully saturated rings. The Morgan fingerprint density at radius 3 is 2.52 bits per heavy atom. The van der Waals surface area contributed by atoms with Crippen molar-refractivity contribution in [2.24, 2.45) is 0 Å². The molecule has 0 bridgehead atoms. The SMILES string of the molecule is C[C@H](OC(=O)c1ccc[nH]c1=O)C(=O)Nc1ccccc1. The molecule has 0 unspecified atom stereocenters. The first-order valence-electron chi connectivity index (χ1n) is 6.32. The van der Waals surface area contributed by atoms with Crippen LogP contribution in [-0.4, -0.2) is 23.0 Å². The highest BCUT2D eigenvalue weighted by atomic mass is 16.5. The minimum atomic E-state index is -1.02. The number of amides is 1. The van der Waals surface area contributed by atoms with Crippen LogP contribution in [-0.2, 0) is 9.53 Å². The van der Waals surface area contributed by atoms with Crippen molar-refractivity contribution in [3.63, 3.8) is 0 Å². The van der Waals surface area contributed by atoms with E-state index in [0.29, 0.717) is 5.69 Å². The third-order valence-electron chi connectivity index (χ3n) is 2.73. The van der Waals surface area contributed by atoms with Gasteiger partial charge in [0.1, 0.15) is 5.56 Å². The second kappa shape index (κ2) is 6.51. The molecule has 6 nitrogen and oxygen atoms in total. The molecule has 2 aromatic rings. The minimum Gasteiger partial charge on any atom is -0.449 e. The summed E-state index contributed by atoms with van der Waals surface area (Å²) in [5.74, 6) is -1.31. The Labute approximate surface area is 120 Å². The maximum absolute atomic E-state index is 11.9. The highest BCUT2D eigenvalue weighted by Crippen LogP contribution is 2.07. The third kappa shape index (κ3) is 3.79. The number of pyridine rings is 1. The second-order valence-corrected chi connectivity index (χ2v) is 4.32. The highest BCUT2D eigenvalue weighted by Gasteiger charge is 2.20. The van der Waals surface area contributed by atoms with E-state index in [-0.39, 0.29) is 5.56 Å². The number of hydrogen-bond donors (Lipinski definition) is 2. The summed E-state index contributed by atoms with van der Waals surface area (Å²) in [5.41, 5.74) is -0.0991. The van der Waals surface area contributed by atoms with Gasteiger partial charge in [-0.3, -0.25) is 9.59 Å². The fraction of sp³-hybridized carbons (Fsp3) is 0.133. The van der Waals surface area contributed by atoms with Crippen LogP contribution in [0.4, 0.5) is 5.69 Å². The number of rotatable bonds is 4. The molecule has 21 heavy (non-hydrogen) atoms. The maximum atomic E-state index is 11.9. The Morgan fingerprint density at radius 1 is 1.14 bits per heavy atom. The van der Waals surface area contributed by atoms with Gasteiger partial charge in [0, 0.05) is 11.9 Å². The van der Waals surface area contributed by atoms with Gasteiger partial charge in [-0.25, -0.2) is 4.79 Å². The lowest BCUT2D eigenvalue weighted by atomic mass is 10.2. The Kier molecular flexibility index (Phi) is 4.50. The molecular weight excluding hydrogens is 272 g/mol. The zero-order chi connectivity index (χ0) is 15.2. The first kappa shape index (κ1) is 14.5. The molecule has 0 spiro atoms. The van der Waals surface area contributed by atoms with E-state index in [1.165, 1.54) is 25.3 Å². The molecule has 0 aliphatic rings. The van der Waals surface area contributed by atoms with E-state index in [1.54, 1.807) is 24.3 Å². The molecule has 1 amide bonds. The molecule has 2 N–H and O–H groups in total. The lowest BCUT2D eigenvalue weighted by molar-refractivity contribution is -0.123. The van der Waals surface area contributed by atoms with Crippen LogP contribution >= 0.6 is 0 Å². The summed E-state index contributed by atoms with van der Waals surface area (Å²) in [5, 5.41) is 2.61. The maximum Gasteiger partial charge on any atom is 0.344 e. The second-order valence-electron chi connectivity index (χ2n) is 4.32. The highest BCUT2D eigenvalue weighted by molar-refractivity contribution is 5.97. The number of H-pyrrole nitrogens is 1. The average Bonchev–Trinajstić information content (AvgIpc) is 2.48. The fourth-order valence-corrected chi connectivity index (χ4v) is 1.63. The number of para-hydroxylation sites is 1. The molecule has 1 aromatic heterocycles. The lowest BCUT2D eigenvalue weighted by Gasteiger charge is -2.13. The van der Waals surface area contributed by atoms with E-state index in [9.17, 15) is 14.4 Å². The number of nitrogens with one attached hydrogen (secondary N) is 2. The van der Waals surface area contributed by atoms with Gasteiger partial charge in [0.25, 0.3) is 11.5 Å². The van der Waals surface area contributed by atoms with Crippen molar-refractivity contribution in [3.05, 3.63) is 64.6 Å². The Balaban J connectivity index is 1.99. The summed E-state index contributed by atoms with van der Waals surface area (Å²) in [7, 11) is 0. The summed E-state index contributed by atoms with van der Waals surface area (Å²) in [6.07, 6.45) is 0.391. The Morgan fingerprint density at radius 2 is 1.86 bits per heavy atom. The van der Waals surface area contributed by atoms with Gasteiger partial charge >= 0.3 is 5.97 Å². The van der Waals surface area contributed by atoms with E-state index in [2.05, 4.69) is 10.3 Å². The van der Waals surface area contributed by atoms with Crippen molar-refractivity contribution in [2.75, 3.05) is 5.32 Å². The molecule has 1 aromatic carbocycles. The zero-order valence-electron chi connectivity index (χ0n) is 11.3. The van der Waals surface area contributed by atoms with Crippen molar-refractivity contribution < 1.29 is 14.3 Å². The number of ether oxygens (including phenoxy) is 1. The molecule has 0 aliphatic carbocycles. The summed E-state index contributed by atoms with van der Waals surface area (Å²) >= 11 is 0. The summed E-state index contributed by atoms with van der Waals surface area (Å²) in [4.78, 5) is 37.5. The van der Waals surface area contributed by atoms with Crippen LogP contribution in [0.5, 0.6) is 0 Å². The number of benzene rings is 1. The van der Waals surface area contributed by atoms with Gasteiger partial charge in [-0.15, -0.1) is 0 Å². The van der Waals surface area contributed by atoms with E-state index < -0.39 is 23.5 Å². The largest absolute Gasteiger partial charge is 0.449 e. The van der Waals surface area contributed by atoms with Crippen LogP contribution in [0.1, 0.15) is 17.3 Å². The predicted octanol–water partition coefficient (Wildman–Crippen LogP) is 1.56. The fourth-order valence-electron chi connectivity index (χ4n) is 1.63. The van der Waals surface area contributed by atoms with Crippen LogP contribution < -0.4 is 10.9 Å². The molecule has 0 saturated carbocycles. The van der Waals surface area contributed by atoms with Crippen LogP contribution in [0.15, 0.2) is 53.5 Å². The molecule has 6 heteroatoms. The number of carbonyl (C=O) groups excluding carboxylic acids is 2. The number of carbonyl (C=O) groups is 2. The van der Waals surface area contributed by atoms with E-state index in [1.807, 2.05) is 6.07 Å². The zero-order valence-corrected chi connectivity index (χ0v) is 11.3. The van der Waals surface area contributed by atoms with Gasteiger partial charge in [0.05, 0.1) is 0 Å². The smallest absolute Gasteiger partial charge is 0.344 e. The van der Waals surface area contributed by atoms with Crippen molar-refractivity contribution in [2.45, 2.75) is 13.0 Å². The number of aromatic nitrogens is 1. The lowest BCUT2D eigenvalue weighted by Crippen LogP contribution is -2.31. The monoisotopic (exact) mass is 286 g/mol. The van der Waals surface area contributed by atoms with E-state index in [0.717, 1.165) is 0 Å². The van der Waals surface area contributed by atoms with Crippen molar-refractivity contribution in [1.82, 2.24) is 4.98 Å². The first-order valence-corrected chi connectivity index (χ1v) is 6.32. The topological polar surface area (TPSA) is 88.3 Å². The number of aromatic amines is 1. The van der Waals surface area contributed by atoms with Gasteiger partial charge in [0.2, 0.25) is 0 Å². The standard InChI is InChI=1S/C15H14N2O4/c1-10(13(18)17-11-6-3-2-4-7-11)21-15(20)12-8-5-9-16-14(12)19/h2-10H,1H3,(H,16,19)(H,17,18)/t10-/m0/s1. The van der Waals surface area contributed by atoms with Gasteiger partial charge in [0.15, 0.2) is 6.10 Å². The molecule has 2 rings (SSSR count). The average molecular weight is 286 g/mol. The predicted molar refractivity (Wildman–Crippen MR) is 77.0 cm³/mol. The molecule has 108 valence electrons. The molecule has 1 atom stereocenters. The van der Waals surface area contributed by atoms with Gasteiger partial charge in [-0.2, -0.15) is 0 Å². The molecule has 0 saturated heterocycles. The molecule has 1 heterocycles. The summed E-state index contributed by atoms with van der Waals surface area (Å²) < 4.78 is 4.98. The van der Waals surface area contributed by atoms with Gasteiger partial charge < -0.3 is 15.0 Å². The number of hydrogen-bond acceptors (Lipinski definition) is 4. The molecular formula is C15H14N2O4. The first-order chi connectivity index (χ1) is 10.1. The van der Waals surface area contributed by atoms with Crippen molar-refractivity contribution in [3.8, 4) is 0 Å². The van der Waals surface area contributed by atoms with Gasteiger partial charge in [-0.05, 0) is 31.2 Å². The molecule has 0 aliphatic heterocycles. The third-order valence-corrected chi connectivity index (χ3v) is 2.73. The molecule has 0 radical (unpaired) electrons. The van der Waals surface area contributed by atoms with E-state index in [4.69, 9.17) is 4.74 Å². The number of anilines is 1. The normalized spacial score (nSPS) is 11.5. The summed E-state index contributed by atoms with van der Waals surface area (Å²) in [6.45, 7) is 1.44.